The number of nitrogens with zero attached hydrogens (tertiary/aromatic N) is 1. The fourth-order valence-electron chi connectivity index (χ4n) is 2.92. The Morgan fingerprint density at radius 2 is 2.20 bits per heavy atom. The summed E-state index contributed by atoms with van der Waals surface area (Å²) in [6, 6.07) is 11.4. The van der Waals surface area contributed by atoms with Crippen molar-refractivity contribution in [3.05, 3.63) is 59.4 Å². The van der Waals surface area contributed by atoms with Crippen molar-refractivity contribution < 1.29 is 0 Å². The molecule has 104 valence electrons. The number of rotatable bonds is 4. The lowest BCUT2D eigenvalue weighted by molar-refractivity contribution is 0.483. The van der Waals surface area contributed by atoms with Crippen LogP contribution in [0.2, 0.25) is 0 Å². The molecule has 0 spiro atoms. The predicted molar refractivity (Wildman–Crippen MR) is 85.3 cm³/mol. The molecule has 2 nitrogen and oxygen atoms in total. The Balaban J connectivity index is 1.96. The molecule has 0 saturated carbocycles. The van der Waals surface area contributed by atoms with E-state index in [9.17, 15) is 0 Å². The van der Waals surface area contributed by atoms with Gasteiger partial charge in [-0.05, 0) is 36.2 Å². The van der Waals surface area contributed by atoms with Gasteiger partial charge in [-0.3, -0.25) is 4.98 Å². The molecular weight excluding hydrogens is 264 g/mol. The molecule has 2 aromatic rings. The van der Waals surface area contributed by atoms with E-state index in [2.05, 4.69) is 54.5 Å². The van der Waals surface area contributed by atoms with Crippen molar-refractivity contribution in [1.29, 1.82) is 0 Å². The third-order valence-corrected chi connectivity index (χ3v) is 5.03. The van der Waals surface area contributed by atoms with Crippen LogP contribution in [0.3, 0.4) is 0 Å². The molecule has 2 atom stereocenters. The van der Waals surface area contributed by atoms with Gasteiger partial charge in [0.2, 0.25) is 0 Å². The quantitative estimate of drug-likeness (QED) is 0.921. The van der Waals surface area contributed by atoms with Gasteiger partial charge in [0.05, 0.1) is 0 Å². The first kappa shape index (κ1) is 13.7. The SMILES string of the molecule is CCNC(c1cncc(C)c1)C1CSc2ccccc21. The van der Waals surface area contributed by atoms with Crippen LogP contribution in [-0.2, 0) is 0 Å². The zero-order valence-electron chi connectivity index (χ0n) is 12.0. The molecule has 0 amide bonds. The summed E-state index contributed by atoms with van der Waals surface area (Å²) < 4.78 is 0. The van der Waals surface area contributed by atoms with E-state index in [1.165, 1.54) is 21.6 Å². The van der Waals surface area contributed by atoms with Crippen LogP contribution in [0, 0.1) is 6.92 Å². The van der Waals surface area contributed by atoms with Crippen LogP contribution in [0.5, 0.6) is 0 Å². The number of aryl methyl sites for hydroxylation is 1. The molecule has 1 aromatic heterocycles. The molecule has 2 heterocycles. The molecule has 3 heteroatoms. The van der Waals surface area contributed by atoms with Gasteiger partial charge in [-0.25, -0.2) is 0 Å². The van der Waals surface area contributed by atoms with Gasteiger partial charge < -0.3 is 5.32 Å². The van der Waals surface area contributed by atoms with Gasteiger partial charge in [0, 0.05) is 35.0 Å². The fourth-order valence-corrected chi connectivity index (χ4v) is 4.22. The first-order chi connectivity index (χ1) is 9.79. The molecule has 1 aliphatic heterocycles. The minimum Gasteiger partial charge on any atom is -0.310 e. The maximum Gasteiger partial charge on any atom is 0.0413 e. The molecule has 1 aromatic carbocycles. The van der Waals surface area contributed by atoms with Gasteiger partial charge in [0.1, 0.15) is 0 Å². The van der Waals surface area contributed by atoms with Crippen molar-refractivity contribution in [3.63, 3.8) is 0 Å². The minimum atomic E-state index is 0.351. The average molecular weight is 284 g/mol. The number of pyridine rings is 1. The molecule has 0 radical (unpaired) electrons. The number of hydrogen-bond acceptors (Lipinski definition) is 3. The van der Waals surface area contributed by atoms with E-state index in [0.29, 0.717) is 12.0 Å². The second-order valence-corrected chi connectivity index (χ2v) is 6.35. The van der Waals surface area contributed by atoms with Gasteiger partial charge in [0.15, 0.2) is 0 Å². The Bertz CT molecular complexity index is 597. The Morgan fingerprint density at radius 1 is 1.35 bits per heavy atom. The Labute approximate surface area is 125 Å². The second kappa shape index (κ2) is 5.98. The maximum atomic E-state index is 4.37. The summed E-state index contributed by atoms with van der Waals surface area (Å²) >= 11 is 1.97. The first-order valence-corrected chi connectivity index (χ1v) is 8.15. The van der Waals surface area contributed by atoms with Gasteiger partial charge in [-0.1, -0.05) is 31.2 Å². The summed E-state index contributed by atoms with van der Waals surface area (Å²) in [6.45, 7) is 5.25. The van der Waals surface area contributed by atoms with Crippen LogP contribution in [0.4, 0.5) is 0 Å². The molecule has 1 aliphatic rings. The summed E-state index contributed by atoms with van der Waals surface area (Å²) in [7, 11) is 0. The van der Waals surface area contributed by atoms with Crippen molar-refractivity contribution in [2.24, 2.45) is 0 Å². The molecule has 1 N–H and O–H groups in total. The Morgan fingerprint density at radius 3 is 3.00 bits per heavy atom. The number of fused-ring (bicyclic) bond motifs is 1. The topological polar surface area (TPSA) is 24.9 Å². The van der Waals surface area contributed by atoms with Crippen molar-refractivity contribution in [2.45, 2.75) is 30.7 Å². The maximum absolute atomic E-state index is 4.37. The highest BCUT2D eigenvalue weighted by Gasteiger charge is 2.30. The summed E-state index contributed by atoms with van der Waals surface area (Å²) in [5, 5.41) is 3.66. The number of aromatic nitrogens is 1. The van der Waals surface area contributed by atoms with E-state index in [0.717, 1.165) is 12.3 Å². The highest BCUT2D eigenvalue weighted by Crippen LogP contribution is 2.45. The lowest BCUT2D eigenvalue weighted by Crippen LogP contribution is -2.27. The summed E-state index contributed by atoms with van der Waals surface area (Å²) in [5.41, 5.74) is 4.00. The van der Waals surface area contributed by atoms with E-state index in [1.807, 2.05) is 24.2 Å². The van der Waals surface area contributed by atoms with Gasteiger partial charge in [-0.15, -0.1) is 11.8 Å². The number of likely N-dealkylation sites (N-methyl/N-ethyl adjacent to an activating group) is 1. The zero-order chi connectivity index (χ0) is 13.9. The average Bonchev–Trinajstić information content (AvgIpc) is 2.88. The molecule has 3 rings (SSSR count). The molecule has 0 saturated heterocycles. The van der Waals surface area contributed by atoms with Crippen molar-refractivity contribution in [3.8, 4) is 0 Å². The fraction of sp³-hybridized carbons (Fsp3) is 0.353. The van der Waals surface area contributed by atoms with Gasteiger partial charge >= 0.3 is 0 Å². The number of benzene rings is 1. The highest BCUT2D eigenvalue weighted by atomic mass is 32.2. The van der Waals surface area contributed by atoms with Crippen molar-refractivity contribution in [1.82, 2.24) is 10.3 Å². The van der Waals surface area contributed by atoms with Crippen LogP contribution in [-0.4, -0.2) is 17.3 Å². The summed E-state index contributed by atoms with van der Waals surface area (Å²) in [5.74, 6) is 1.67. The monoisotopic (exact) mass is 284 g/mol. The number of thioether (sulfide) groups is 1. The van der Waals surface area contributed by atoms with E-state index in [1.54, 1.807) is 0 Å². The third-order valence-electron chi connectivity index (χ3n) is 3.82. The van der Waals surface area contributed by atoms with Gasteiger partial charge in [0.25, 0.3) is 0 Å². The van der Waals surface area contributed by atoms with Crippen LogP contribution in [0.1, 0.15) is 35.6 Å². The zero-order valence-corrected chi connectivity index (χ0v) is 12.8. The number of hydrogen-bond donors (Lipinski definition) is 1. The lowest BCUT2D eigenvalue weighted by atomic mass is 9.89. The normalized spacial score (nSPS) is 18.8. The summed E-state index contributed by atoms with van der Waals surface area (Å²) in [6.07, 6.45) is 3.93. The molecule has 0 aliphatic carbocycles. The van der Waals surface area contributed by atoms with Crippen LogP contribution < -0.4 is 5.32 Å². The largest absolute Gasteiger partial charge is 0.310 e. The summed E-state index contributed by atoms with van der Waals surface area (Å²) in [4.78, 5) is 5.80. The molecule has 0 fully saturated rings. The first-order valence-electron chi connectivity index (χ1n) is 7.16. The second-order valence-electron chi connectivity index (χ2n) is 5.29. The molecule has 20 heavy (non-hydrogen) atoms. The van der Waals surface area contributed by atoms with Crippen LogP contribution in [0.15, 0.2) is 47.6 Å². The van der Waals surface area contributed by atoms with Crippen molar-refractivity contribution in [2.75, 3.05) is 12.3 Å². The van der Waals surface area contributed by atoms with E-state index >= 15 is 0 Å². The lowest BCUT2D eigenvalue weighted by Gasteiger charge is -2.25. The van der Waals surface area contributed by atoms with E-state index < -0.39 is 0 Å². The Kier molecular flexibility index (Phi) is 4.08. The van der Waals surface area contributed by atoms with E-state index in [-0.39, 0.29) is 0 Å². The number of nitrogens with one attached hydrogen (secondary N) is 1. The molecule has 0 bridgehead atoms. The van der Waals surface area contributed by atoms with Crippen LogP contribution >= 0.6 is 11.8 Å². The smallest absolute Gasteiger partial charge is 0.0413 e. The van der Waals surface area contributed by atoms with E-state index in [4.69, 9.17) is 0 Å². The van der Waals surface area contributed by atoms with Crippen molar-refractivity contribution >= 4 is 11.8 Å². The van der Waals surface area contributed by atoms with Gasteiger partial charge in [-0.2, -0.15) is 0 Å². The van der Waals surface area contributed by atoms with Crippen LogP contribution in [0.25, 0.3) is 0 Å². The standard InChI is InChI=1S/C17H20N2S/c1-3-19-17(13-8-12(2)9-18-10-13)15-11-20-16-7-5-4-6-14(15)16/h4-10,15,17,19H,3,11H2,1-2H3. The predicted octanol–water partition coefficient (Wildman–Crippen LogP) is 3.93. The highest BCUT2D eigenvalue weighted by molar-refractivity contribution is 7.99. The molecular formula is C17H20N2S. The molecule has 2 unspecified atom stereocenters. The Hall–Kier alpha value is -1.32. The third kappa shape index (κ3) is 2.60. The minimum absolute atomic E-state index is 0.351.